The third-order valence-corrected chi connectivity index (χ3v) is 5.26. The normalized spacial score (nSPS) is 15.5. The number of carbonyl (C=O) groups excluding carboxylic acids is 2. The minimum atomic E-state index is -0.657. The Kier molecular flexibility index (Phi) is 8.74. The standard InChI is InChI=1S/C24H38N2O5/c1-23(2,3)31-22(29)26-14-12-18(13-15-26)7-6-16-30-20-10-8-19(9-11-20)21(28)25-24(4,5)17-27/h8-11,18,27H,6-7,12-17H2,1-5H3,(H,25,28). The Morgan fingerprint density at radius 3 is 2.26 bits per heavy atom. The molecule has 0 unspecified atom stereocenters. The fourth-order valence-electron chi connectivity index (χ4n) is 3.41. The number of hydrogen-bond acceptors (Lipinski definition) is 5. The van der Waals surface area contributed by atoms with Crippen LogP contribution in [0.25, 0.3) is 0 Å². The van der Waals surface area contributed by atoms with E-state index in [9.17, 15) is 14.7 Å². The van der Waals surface area contributed by atoms with Crippen molar-refractivity contribution >= 4 is 12.0 Å². The van der Waals surface area contributed by atoms with Crippen molar-refractivity contribution in [3.05, 3.63) is 29.8 Å². The highest BCUT2D eigenvalue weighted by Gasteiger charge is 2.26. The predicted octanol–water partition coefficient (Wildman–Crippen LogP) is 3.99. The summed E-state index contributed by atoms with van der Waals surface area (Å²) < 4.78 is 11.3. The molecule has 1 saturated heterocycles. The molecule has 0 aromatic heterocycles. The van der Waals surface area contributed by atoms with Crippen LogP contribution in [-0.4, -0.2) is 59.5 Å². The maximum Gasteiger partial charge on any atom is 0.410 e. The highest BCUT2D eigenvalue weighted by atomic mass is 16.6. The number of nitrogens with zero attached hydrogens (tertiary/aromatic N) is 1. The number of ether oxygens (including phenoxy) is 2. The van der Waals surface area contributed by atoms with E-state index >= 15 is 0 Å². The van der Waals surface area contributed by atoms with Crippen LogP contribution >= 0.6 is 0 Å². The van der Waals surface area contributed by atoms with E-state index in [4.69, 9.17) is 9.47 Å². The zero-order chi connectivity index (χ0) is 23.1. The van der Waals surface area contributed by atoms with Crippen molar-refractivity contribution in [1.82, 2.24) is 10.2 Å². The lowest BCUT2D eigenvalue weighted by Gasteiger charge is -2.33. The van der Waals surface area contributed by atoms with Crippen LogP contribution in [0.4, 0.5) is 4.79 Å². The molecule has 31 heavy (non-hydrogen) atoms. The zero-order valence-electron chi connectivity index (χ0n) is 19.6. The molecule has 0 aliphatic carbocycles. The molecule has 7 nitrogen and oxygen atoms in total. The summed E-state index contributed by atoms with van der Waals surface area (Å²) in [4.78, 5) is 26.1. The Hall–Kier alpha value is -2.28. The van der Waals surface area contributed by atoms with Crippen molar-refractivity contribution in [3.63, 3.8) is 0 Å². The van der Waals surface area contributed by atoms with Crippen molar-refractivity contribution in [2.45, 2.75) is 71.4 Å². The highest BCUT2D eigenvalue weighted by Crippen LogP contribution is 2.23. The number of amides is 2. The van der Waals surface area contributed by atoms with Crippen LogP contribution in [0.1, 0.15) is 70.7 Å². The summed E-state index contributed by atoms with van der Waals surface area (Å²) in [5.74, 6) is 1.12. The van der Waals surface area contributed by atoms with Crippen LogP contribution in [0.5, 0.6) is 5.75 Å². The van der Waals surface area contributed by atoms with Crippen LogP contribution < -0.4 is 10.1 Å². The van der Waals surface area contributed by atoms with Gasteiger partial charge in [0.25, 0.3) is 5.91 Å². The fourth-order valence-corrected chi connectivity index (χ4v) is 3.41. The van der Waals surface area contributed by atoms with Crippen LogP contribution in [0.2, 0.25) is 0 Å². The van der Waals surface area contributed by atoms with Gasteiger partial charge in [0.15, 0.2) is 0 Å². The Morgan fingerprint density at radius 2 is 1.71 bits per heavy atom. The summed E-state index contributed by atoms with van der Waals surface area (Å²) >= 11 is 0. The largest absolute Gasteiger partial charge is 0.494 e. The molecule has 1 fully saturated rings. The van der Waals surface area contributed by atoms with Crippen molar-refractivity contribution in [3.8, 4) is 5.75 Å². The van der Waals surface area contributed by atoms with Crippen LogP contribution in [0.15, 0.2) is 24.3 Å². The Bertz CT molecular complexity index is 716. The second kappa shape index (κ2) is 10.8. The summed E-state index contributed by atoms with van der Waals surface area (Å²) in [5.41, 5.74) is -0.580. The Morgan fingerprint density at radius 1 is 1.10 bits per heavy atom. The molecule has 0 atom stereocenters. The van der Waals surface area contributed by atoms with Gasteiger partial charge in [-0.05, 0) is 90.5 Å². The molecule has 174 valence electrons. The maximum absolute atomic E-state index is 12.2. The van der Waals surface area contributed by atoms with Gasteiger partial charge in [-0.1, -0.05) is 0 Å². The first-order chi connectivity index (χ1) is 14.5. The molecule has 1 aromatic rings. The van der Waals surface area contributed by atoms with Gasteiger partial charge in [-0.25, -0.2) is 4.79 Å². The minimum absolute atomic E-state index is 0.125. The number of aliphatic hydroxyl groups excluding tert-OH is 1. The molecule has 0 bridgehead atoms. The van der Waals surface area contributed by atoms with E-state index in [-0.39, 0.29) is 18.6 Å². The van der Waals surface area contributed by atoms with Gasteiger partial charge in [0.2, 0.25) is 0 Å². The lowest BCUT2D eigenvalue weighted by molar-refractivity contribution is 0.0179. The van der Waals surface area contributed by atoms with Gasteiger partial charge in [0.05, 0.1) is 18.8 Å². The minimum Gasteiger partial charge on any atom is -0.494 e. The monoisotopic (exact) mass is 434 g/mol. The molecular weight excluding hydrogens is 396 g/mol. The smallest absolute Gasteiger partial charge is 0.410 e. The molecule has 1 aliphatic rings. The van der Waals surface area contributed by atoms with E-state index in [1.807, 2.05) is 20.8 Å². The lowest BCUT2D eigenvalue weighted by atomic mass is 9.92. The predicted molar refractivity (Wildman–Crippen MR) is 120 cm³/mol. The number of benzene rings is 1. The van der Waals surface area contributed by atoms with Crippen molar-refractivity contribution in [1.29, 1.82) is 0 Å². The quantitative estimate of drug-likeness (QED) is 0.604. The molecule has 2 rings (SSSR count). The second-order valence-electron chi connectivity index (χ2n) is 9.92. The van der Waals surface area contributed by atoms with Gasteiger partial charge in [0.1, 0.15) is 11.4 Å². The first-order valence-corrected chi connectivity index (χ1v) is 11.1. The number of carbonyl (C=O) groups is 2. The molecule has 0 radical (unpaired) electrons. The number of piperidine rings is 1. The molecule has 1 aliphatic heterocycles. The van der Waals surface area contributed by atoms with E-state index in [2.05, 4.69) is 5.32 Å². The summed E-state index contributed by atoms with van der Waals surface area (Å²) in [6.45, 7) is 11.2. The van der Waals surface area contributed by atoms with Crippen molar-refractivity contribution < 1.29 is 24.2 Å². The summed E-state index contributed by atoms with van der Waals surface area (Å²) in [7, 11) is 0. The Balaban J connectivity index is 1.66. The molecule has 0 saturated carbocycles. The number of nitrogens with one attached hydrogen (secondary N) is 1. The first kappa shape index (κ1) is 25.0. The number of rotatable bonds is 8. The number of likely N-dealkylation sites (tertiary alicyclic amines) is 1. The molecule has 2 N–H and O–H groups in total. The van der Waals surface area contributed by atoms with Crippen LogP contribution in [-0.2, 0) is 4.74 Å². The molecule has 1 heterocycles. The van der Waals surface area contributed by atoms with E-state index in [0.717, 1.165) is 44.5 Å². The SMILES string of the molecule is CC(C)(CO)NC(=O)c1ccc(OCCCC2CCN(C(=O)OC(C)(C)C)CC2)cc1. The van der Waals surface area contributed by atoms with Gasteiger partial charge < -0.3 is 24.8 Å². The third kappa shape index (κ3) is 8.77. The molecular formula is C24H38N2O5. The second-order valence-corrected chi connectivity index (χ2v) is 9.92. The Labute approximate surface area is 186 Å². The van der Waals surface area contributed by atoms with Crippen molar-refractivity contribution in [2.75, 3.05) is 26.3 Å². The zero-order valence-corrected chi connectivity index (χ0v) is 19.6. The first-order valence-electron chi connectivity index (χ1n) is 11.1. The van der Waals surface area contributed by atoms with Gasteiger partial charge in [0, 0.05) is 18.7 Å². The van der Waals surface area contributed by atoms with E-state index in [0.29, 0.717) is 18.1 Å². The number of aliphatic hydroxyl groups is 1. The maximum atomic E-state index is 12.2. The van der Waals surface area contributed by atoms with Crippen LogP contribution in [0.3, 0.4) is 0 Å². The third-order valence-electron chi connectivity index (χ3n) is 5.26. The molecule has 2 amide bonds. The highest BCUT2D eigenvalue weighted by molar-refractivity contribution is 5.94. The molecule has 1 aromatic carbocycles. The van der Waals surface area contributed by atoms with E-state index in [1.165, 1.54) is 0 Å². The average Bonchev–Trinajstić information content (AvgIpc) is 2.70. The van der Waals surface area contributed by atoms with E-state index < -0.39 is 11.1 Å². The fraction of sp³-hybridized carbons (Fsp3) is 0.667. The van der Waals surface area contributed by atoms with E-state index in [1.54, 1.807) is 43.0 Å². The topological polar surface area (TPSA) is 88.1 Å². The average molecular weight is 435 g/mol. The van der Waals surface area contributed by atoms with Gasteiger partial charge >= 0.3 is 6.09 Å². The summed E-state index contributed by atoms with van der Waals surface area (Å²) in [6, 6.07) is 7.04. The van der Waals surface area contributed by atoms with Gasteiger partial charge in [-0.2, -0.15) is 0 Å². The van der Waals surface area contributed by atoms with Crippen molar-refractivity contribution in [2.24, 2.45) is 5.92 Å². The number of hydrogen-bond donors (Lipinski definition) is 2. The summed E-state index contributed by atoms with van der Waals surface area (Å²) in [5, 5.41) is 12.1. The van der Waals surface area contributed by atoms with Gasteiger partial charge in [-0.3, -0.25) is 4.79 Å². The van der Waals surface area contributed by atoms with Crippen LogP contribution in [0, 0.1) is 5.92 Å². The molecule has 0 spiro atoms. The lowest BCUT2D eigenvalue weighted by Crippen LogP contribution is -2.46. The molecule has 7 heteroatoms. The van der Waals surface area contributed by atoms with Gasteiger partial charge in [-0.15, -0.1) is 0 Å². The summed E-state index contributed by atoms with van der Waals surface area (Å²) in [6.07, 6.45) is 3.79.